The molecule has 0 unspecified atom stereocenters. The summed E-state index contributed by atoms with van der Waals surface area (Å²) in [4.78, 5) is 37.8. The van der Waals surface area contributed by atoms with Gasteiger partial charge >= 0.3 is 5.97 Å². The van der Waals surface area contributed by atoms with E-state index in [1.54, 1.807) is 36.4 Å². The monoisotopic (exact) mass is 329 g/mol. The molecule has 0 aliphatic carbocycles. The van der Waals surface area contributed by atoms with E-state index in [-0.39, 0.29) is 0 Å². The number of ether oxygens (including phenoxy) is 1. The molecule has 2 amide bonds. The molecule has 0 fully saturated rings. The summed E-state index contributed by atoms with van der Waals surface area (Å²) < 4.78 is 5.20. The van der Waals surface area contributed by atoms with E-state index in [9.17, 15) is 14.4 Å². The van der Waals surface area contributed by atoms with E-state index < -0.39 is 23.8 Å². The van der Waals surface area contributed by atoms with Crippen molar-refractivity contribution in [1.82, 2.24) is 4.90 Å². The lowest BCUT2D eigenvalue weighted by Crippen LogP contribution is -2.44. The van der Waals surface area contributed by atoms with Crippen LogP contribution in [0.5, 0.6) is 5.75 Å². The van der Waals surface area contributed by atoms with Crippen LogP contribution in [0.15, 0.2) is 48.5 Å². The minimum atomic E-state index is -1.03. The summed E-state index contributed by atoms with van der Waals surface area (Å²) in [5.41, 5.74) is 0.590. The minimum absolute atomic E-state index is 0.294. The van der Waals surface area contributed by atoms with Crippen LogP contribution in [-0.4, -0.2) is 28.7 Å². The number of carbonyl (C=O) groups excluding carboxylic acids is 3. The largest absolute Gasteiger partial charge is 0.425 e. The number of fused-ring (bicyclic) bond motifs is 1. The molecular formula is C17H12ClNO4. The highest BCUT2D eigenvalue weighted by molar-refractivity contribution is 6.30. The summed E-state index contributed by atoms with van der Waals surface area (Å²) >= 11 is 5.77. The summed E-state index contributed by atoms with van der Waals surface area (Å²) in [7, 11) is 0. The van der Waals surface area contributed by atoms with Crippen molar-refractivity contribution in [1.29, 1.82) is 0 Å². The van der Waals surface area contributed by atoms with Crippen LogP contribution in [0.3, 0.4) is 0 Å². The van der Waals surface area contributed by atoms with Crippen LogP contribution in [0.25, 0.3) is 0 Å². The second-order valence-electron chi connectivity index (χ2n) is 5.08. The van der Waals surface area contributed by atoms with E-state index in [1.807, 2.05) is 0 Å². The van der Waals surface area contributed by atoms with E-state index in [0.29, 0.717) is 21.9 Å². The van der Waals surface area contributed by atoms with Gasteiger partial charge in [0, 0.05) is 5.02 Å². The van der Waals surface area contributed by atoms with E-state index in [2.05, 4.69) is 0 Å². The molecule has 5 nitrogen and oxygen atoms in total. The normalized spacial score (nSPS) is 14.6. The van der Waals surface area contributed by atoms with Gasteiger partial charge in [0.15, 0.2) is 0 Å². The van der Waals surface area contributed by atoms with Gasteiger partial charge in [-0.15, -0.1) is 0 Å². The Balaban J connectivity index is 1.79. The molecule has 0 N–H and O–H groups in total. The van der Waals surface area contributed by atoms with E-state index >= 15 is 0 Å². The number of benzene rings is 2. The number of carbonyl (C=O) groups is 3. The Hall–Kier alpha value is -2.66. The van der Waals surface area contributed by atoms with Crippen molar-refractivity contribution < 1.29 is 19.1 Å². The van der Waals surface area contributed by atoms with Crippen LogP contribution in [0.1, 0.15) is 27.6 Å². The van der Waals surface area contributed by atoms with E-state index in [1.165, 1.54) is 19.1 Å². The molecule has 3 rings (SSSR count). The molecular weight excluding hydrogens is 318 g/mol. The van der Waals surface area contributed by atoms with Crippen LogP contribution in [-0.2, 0) is 4.79 Å². The Morgan fingerprint density at radius 2 is 1.52 bits per heavy atom. The van der Waals surface area contributed by atoms with Crippen molar-refractivity contribution in [2.45, 2.75) is 13.0 Å². The van der Waals surface area contributed by atoms with Crippen LogP contribution >= 0.6 is 11.6 Å². The van der Waals surface area contributed by atoms with Gasteiger partial charge in [0.25, 0.3) is 11.8 Å². The summed E-state index contributed by atoms with van der Waals surface area (Å²) in [6.45, 7) is 1.46. The van der Waals surface area contributed by atoms with Gasteiger partial charge in [-0.25, -0.2) is 4.79 Å². The van der Waals surface area contributed by atoms with Crippen molar-refractivity contribution in [3.63, 3.8) is 0 Å². The zero-order chi connectivity index (χ0) is 16.6. The smallest absolute Gasteiger partial charge is 0.334 e. The number of esters is 1. The molecule has 2 aromatic carbocycles. The lowest BCUT2D eigenvalue weighted by atomic mass is 10.1. The molecule has 0 radical (unpaired) electrons. The molecule has 2 aromatic rings. The van der Waals surface area contributed by atoms with Crippen molar-refractivity contribution in [3.05, 3.63) is 64.7 Å². The lowest BCUT2D eigenvalue weighted by molar-refractivity contribution is -0.138. The summed E-state index contributed by atoms with van der Waals surface area (Å²) in [5, 5.41) is 0.512. The second-order valence-corrected chi connectivity index (χ2v) is 5.51. The fourth-order valence-electron chi connectivity index (χ4n) is 2.37. The van der Waals surface area contributed by atoms with E-state index in [4.69, 9.17) is 16.3 Å². The van der Waals surface area contributed by atoms with Gasteiger partial charge in [-0.1, -0.05) is 23.7 Å². The van der Waals surface area contributed by atoms with Gasteiger partial charge < -0.3 is 4.74 Å². The van der Waals surface area contributed by atoms with Crippen LogP contribution < -0.4 is 4.74 Å². The predicted octanol–water partition coefficient (Wildman–Crippen LogP) is 2.93. The zero-order valence-electron chi connectivity index (χ0n) is 12.2. The average Bonchev–Trinajstić information content (AvgIpc) is 2.81. The summed E-state index contributed by atoms with van der Waals surface area (Å²) in [6.07, 6.45) is 0. The first-order chi connectivity index (χ1) is 11.0. The summed E-state index contributed by atoms with van der Waals surface area (Å²) in [5.74, 6) is -1.39. The predicted molar refractivity (Wildman–Crippen MR) is 83.5 cm³/mol. The van der Waals surface area contributed by atoms with Gasteiger partial charge in [-0.05, 0) is 43.3 Å². The Kier molecular flexibility index (Phi) is 3.88. The van der Waals surface area contributed by atoms with Crippen LogP contribution in [0, 0.1) is 0 Å². The highest BCUT2D eigenvalue weighted by Crippen LogP contribution is 2.25. The number of amides is 2. The molecule has 0 bridgehead atoms. The fourth-order valence-corrected chi connectivity index (χ4v) is 2.50. The van der Waals surface area contributed by atoms with Crippen molar-refractivity contribution in [3.8, 4) is 5.75 Å². The maximum Gasteiger partial charge on any atom is 0.334 e. The SMILES string of the molecule is C[C@@H](C(=O)Oc1ccc(Cl)cc1)N1C(=O)c2ccccc2C1=O. The standard InChI is InChI=1S/C17H12ClNO4/c1-10(17(22)23-12-8-6-11(18)7-9-12)19-15(20)13-4-2-3-5-14(13)16(19)21/h2-10H,1H3/t10-/m0/s1. The number of rotatable bonds is 3. The van der Waals surface area contributed by atoms with Crippen molar-refractivity contribution in [2.24, 2.45) is 0 Å². The first-order valence-corrected chi connectivity index (χ1v) is 7.31. The van der Waals surface area contributed by atoms with Gasteiger partial charge in [-0.3, -0.25) is 14.5 Å². The summed E-state index contributed by atoms with van der Waals surface area (Å²) in [6, 6.07) is 11.7. The fraction of sp³-hybridized carbons (Fsp3) is 0.118. The van der Waals surface area contributed by atoms with Crippen molar-refractivity contribution in [2.75, 3.05) is 0 Å². The second kappa shape index (κ2) is 5.85. The third-order valence-corrected chi connectivity index (χ3v) is 3.84. The molecule has 1 heterocycles. The first kappa shape index (κ1) is 15.2. The Labute approximate surface area is 137 Å². The zero-order valence-corrected chi connectivity index (χ0v) is 12.9. The molecule has 0 saturated heterocycles. The van der Waals surface area contributed by atoms with Crippen LogP contribution in [0.4, 0.5) is 0 Å². The number of hydrogen-bond donors (Lipinski definition) is 0. The molecule has 6 heteroatoms. The van der Waals surface area contributed by atoms with Gasteiger partial charge in [0.05, 0.1) is 11.1 Å². The molecule has 1 aliphatic heterocycles. The number of hydrogen-bond acceptors (Lipinski definition) is 4. The molecule has 0 saturated carbocycles. The highest BCUT2D eigenvalue weighted by atomic mass is 35.5. The molecule has 1 aliphatic rings. The number of halogens is 1. The molecule has 23 heavy (non-hydrogen) atoms. The number of nitrogens with zero attached hydrogens (tertiary/aromatic N) is 1. The minimum Gasteiger partial charge on any atom is -0.425 e. The number of imide groups is 1. The Morgan fingerprint density at radius 1 is 1.00 bits per heavy atom. The molecule has 0 aromatic heterocycles. The maximum atomic E-state index is 12.3. The Bertz CT molecular complexity index is 765. The maximum absolute atomic E-state index is 12.3. The van der Waals surface area contributed by atoms with Gasteiger partial charge in [0.2, 0.25) is 0 Å². The lowest BCUT2D eigenvalue weighted by Gasteiger charge is -2.20. The average molecular weight is 330 g/mol. The molecule has 1 atom stereocenters. The van der Waals surface area contributed by atoms with Gasteiger partial charge in [-0.2, -0.15) is 0 Å². The first-order valence-electron chi connectivity index (χ1n) is 6.93. The van der Waals surface area contributed by atoms with E-state index in [0.717, 1.165) is 4.90 Å². The molecule has 116 valence electrons. The third-order valence-electron chi connectivity index (χ3n) is 3.59. The quantitative estimate of drug-likeness (QED) is 0.493. The third kappa shape index (κ3) is 2.71. The molecule has 0 spiro atoms. The van der Waals surface area contributed by atoms with Crippen molar-refractivity contribution >= 4 is 29.4 Å². The van der Waals surface area contributed by atoms with Crippen LogP contribution in [0.2, 0.25) is 5.02 Å². The van der Waals surface area contributed by atoms with Gasteiger partial charge in [0.1, 0.15) is 11.8 Å². The highest BCUT2D eigenvalue weighted by Gasteiger charge is 2.41. The topological polar surface area (TPSA) is 63.7 Å². The Morgan fingerprint density at radius 3 is 2.04 bits per heavy atom.